The predicted octanol–water partition coefficient (Wildman–Crippen LogP) is 3.54. The van der Waals surface area contributed by atoms with Gasteiger partial charge in [0, 0.05) is 18.2 Å². The lowest BCUT2D eigenvalue weighted by Gasteiger charge is -1.97. The van der Waals surface area contributed by atoms with Gasteiger partial charge in [-0.3, -0.25) is 4.79 Å². The highest BCUT2D eigenvalue weighted by Crippen LogP contribution is 2.27. The van der Waals surface area contributed by atoms with Crippen molar-refractivity contribution in [3.63, 3.8) is 0 Å². The van der Waals surface area contributed by atoms with Gasteiger partial charge in [-0.2, -0.15) is 10.1 Å². The number of hydrogen-bond donors (Lipinski definition) is 0. The molecule has 110 valence electrons. The molecule has 0 saturated heterocycles. The summed E-state index contributed by atoms with van der Waals surface area (Å²) in [4.78, 5) is 16.8. The molecule has 0 bridgehead atoms. The Hall–Kier alpha value is -2.24. The first-order valence-corrected chi connectivity index (χ1v) is 7.78. The first kappa shape index (κ1) is 14.7. The summed E-state index contributed by atoms with van der Waals surface area (Å²) in [5, 5.41) is 5.75. The highest BCUT2D eigenvalue weighted by molar-refractivity contribution is 7.12. The lowest BCUT2D eigenvalue weighted by molar-refractivity contribution is 0.0997. The maximum absolute atomic E-state index is 12.2. The Morgan fingerprint density at radius 2 is 1.82 bits per heavy atom. The molecular formula is C16H12ClN3OS. The van der Waals surface area contributed by atoms with E-state index in [1.165, 1.54) is 11.3 Å². The van der Waals surface area contributed by atoms with Crippen LogP contribution in [0.5, 0.6) is 0 Å². The number of halogens is 1. The first-order chi connectivity index (χ1) is 10.6. The average molecular weight is 330 g/mol. The van der Waals surface area contributed by atoms with Crippen LogP contribution in [0.25, 0.3) is 10.6 Å². The van der Waals surface area contributed by atoms with Gasteiger partial charge in [-0.1, -0.05) is 59.3 Å². The molecule has 3 aromatic rings. The fourth-order valence-electron chi connectivity index (χ4n) is 1.92. The topological polar surface area (TPSA) is 47.2 Å². The minimum atomic E-state index is -0.287. The Kier molecular flexibility index (Phi) is 4.18. The third-order valence-electron chi connectivity index (χ3n) is 3.03. The van der Waals surface area contributed by atoms with Crippen LogP contribution in [0, 0.1) is 0 Å². The number of aromatic nitrogens is 2. The Labute approximate surface area is 136 Å². The zero-order chi connectivity index (χ0) is 15.5. The van der Waals surface area contributed by atoms with Crippen LogP contribution in [-0.4, -0.2) is 15.7 Å². The van der Waals surface area contributed by atoms with Crippen molar-refractivity contribution in [1.82, 2.24) is 9.78 Å². The molecule has 1 aromatic heterocycles. The van der Waals surface area contributed by atoms with Crippen molar-refractivity contribution in [3.05, 3.63) is 70.0 Å². The van der Waals surface area contributed by atoms with E-state index in [0.717, 1.165) is 10.6 Å². The zero-order valence-corrected chi connectivity index (χ0v) is 13.3. The van der Waals surface area contributed by atoms with Crippen LogP contribution in [0.4, 0.5) is 0 Å². The van der Waals surface area contributed by atoms with Gasteiger partial charge in [0.2, 0.25) is 4.80 Å². The molecule has 22 heavy (non-hydrogen) atoms. The second-order valence-electron chi connectivity index (χ2n) is 4.58. The summed E-state index contributed by atoms with van der Waals surface area (Å²) in [5.41, 5.74) is 1.38. The standard InChI is InChI=1S/C16H12ClN3OS/c1-20-16(18-14(21)11-7-3-2-4-8-11)22-15(19-20)12-9-5-6-10-13(12)17/h2-10H,1H3. The van der Waals surface area contributed by atoms with E-state index in [9.17, 15) is 4.79 Å². The molecule has 0 radical (unpaired) electrons. The molecule has 0 atom stereocenters. The van der Waals surface area contributed by atoms with Gasteiger partial charge in [-0.25, -0.2) is 4.68 Å². The van der Waals surface area contributed by atoms with Gasteiger partial charge in [-0.15, -0.1) is 0 Å². The number of carbonyl (C=O) groups excluding carboxylic acids is 1. The molecule has 3 rings (SSSR count). The second-order valence-corrected chi connectivity index (χ2v) is 5.94. The van der Waals surface area contributed by atoms with Gasteiger partial charge in [0.05, 0.1) is 5.02 Å². The van der Waals surface area contributed by atoms with Gasteiger partial charge in [0.1, 0.15) is 5.01 Å². The quantitative estimate of drug-likeness (QED) is 0.722. The summed E-state index contributed by atoms with van der Waals surface area (Å²) < 4.78 is 1.59. The smallest absolute Gasteiger partial charge is 0.267 e. The summed E-state index contributed by atoms with van der Waals surface area (Å²) in [5.74, 6) is -0.287. The molecule has 0 fully saturated rings. The van der Waals surface area contributed by atoms with Crippen molar-refractivity contribution in [2.45, 2.75) is 0 Å². The van der Waals surface area contributed by atoms with E-state index in [0.29, 0.717) is 15.4 Å². The number of rotatable bonds is 2. The number of nitrogens with zero attached hydrogens (tertiary/aromatic N) is 3. The predicted molar refractivity (Wildman–Crippen MR) is 87.9 cm³/mol. The van der Waals surface area contributed by atoms with E-state index in [2.05, 4.69) is 10.1 Å². The van der Waals surface area contributed by atoms with Gasteiger partial charge in [0.15, 0.2) is 0 Å². The molecule has 2 aromatic carbocycles. The van der Waals surface area contributed by atoms with Crippen LogP contribution in [-0.2, 0) is 7.05 Å². The van der Waals surface area contributed by atoms with Gasteiger partial charge < -0.3 is 0 Å². The molecule has 4 nitrogen and oxygen atoms in total. The van der Waals surface area contributed by atoms with E-state index in [4.69, 9.17) is 11.6 Å². The molecular weight excluding hydrogens is 318 g/mol. The third kappa shape index (κ3) is 3.00. The van der Waals surface area contributed by atoms with Gasteiger partial charge in [-0.05, 0) is 18.2 Å². The fraction of sp³-hybridized carbons (Fsp3) is 0.0625. The average Bonchev–Trinajstić information content (AvgIpc) is 2.89. The van der Waals surface area contributed by atoms with Crippen LogP contribution >= 0.6 is 22.9 Å². The molecule has 1 amide bonds. The van der Waals surface area contributed by atoms with Crippen LogP contribution in [0.1, 0.15) is 10.4 Å². The first-order valence-electron chi connectivity index (χ1n) is 6.58. The largest absolute Gasteiger partial charge is 0.279 e. The van der Waals surface area contributed by atoms with E-state index in [-0.39, 0.29) is 5.91 Å². The van der Waals surface area contributed by atoms with Crippen molar-refractivity contribution < 1.29 is 4.79 Å². The number of amides is 1. The molecule has 0 aliphatic carbocycles. The van der Waals surface area contributed by atoms with Crippen LogP contribution in [0.15, 0.2) is 59.6 Å². The highest BCUT2D eigenvalue weighted by atomic mass is 35.5. The summed E-state index contributed by atoms with van der Waals surface area (Å²) in [6.45, 7) is 0. The second kappa shape index (κ2) is 6.25. The number of carbonyl (C=O) groups is 1. The summed E-state index contributed by atoms with van der Waals surface area (Å²) in [7, 11) is 1.76. The van der Waals surface area contributed by atoms with Gasteiger partial charge in [0.25, 0.3) is 5.91 Å². The van der Waals surface area contributed by atoms with Crippen molar-refractivity contribution >= 4 is 28.8 Å². The van der Waals surface area contributed by atoms with Crippen molar-refractivity contribution in [1.29, 1.82) is 0 Å². The van der Waals surface area contributed by atoms with E-state index in [1.807, 2.05) is 42.5 Å². The molecule has 0 spiro atoms. The minimum absolute atomic E-state index is 0.287. The van der Waals surface area contributed by atoms with E-state index in [1.54, 1.807) is 23.9 Å². The maximum Gasteiger partial charge on any atom is 0.279 e. The molecule has 0 unspecified atom stereocenters. The van der Waals surface area contributed by atoms with Crippen molar-refractivity contribution in [2.24, 2.45) is 12.0 Å². The molecule has 0 aliphatic heterocycles. The van der Waals surface area contributed by atoms with Crippen molar-refractivity contribution in [2.75, 3.05) is 0 Å². The van der Waals surface area contributed by atoms with Crippen LogP contribution in [0.3, 0.4) is 0 Å². The summed E-state index contributed by atoms with van der Waals surface area (Å²) >= 11 is 7.51. The van der Waals surface area contributed by atoms with E-state index < -0.39 is 0 Å². The lowest BCUT2D eigenvalue weighted by Crippen LogP contribution is -2.14. The number of aryl methyl sites for hydroxylation is 1. The van der Waals surface area contributed by atoms with Gasteiger partial charge >= 0.3 is 0 Å². The Bertz CT molecular complexity index is 884. The zero-order valence-electron chi connectivity index (χ0n) is 11.7. The Morgan fingerprint density at radius 1 is 1.14 bits per heavy atom. The normalized spacial score (nSPS) is 11.6. The number of benzene rings is 2. The molecule has 0 saturated carbocycles. The molecule has 1 heterocycles. The lowest BCUT2D eigenvalue weighted by atomic mass is 10.2. The Morgan fingerprint density at radius 3 is 2.55 bits per heavy atom. The molecule has 6 heteroatoms. The summed E-state index contributed by atoms with van der Waals surface area (Å²) in [6, 6.07) is 16.4. The Balaban J connectivity index is 2.02. The maximum atomic E-state index is 12.2. The highest BCUT2D eigenvalue weighted by Gasteiger charge is 2.10. The van der Waals surface area contributed by atoms with Crippen LogP contribution < -0.4 is 4.80 Å². The van der Waals surface area contributed by atoms with Crippen molar-refractivity contribution in [3.8, 4) is 10.6 Å². The van der Waals surface area contributed by atoms with E-state index >= 15 is 0 Å². The van der Waals surface area contributed by atoms with Crippen LogP contribution in [0.2, 0.25) is 5.02 Å². The third-order valence-corrected chi connectivity index (χ3v) is 4.39. The number of hydrogen-bond acceptors (Lipinski definition) is 3. The molecule has 0 N–H and O–H groups in total. The minimum Gasteiger partial charge on any atom is -0.267 e. The fourth-order valence-corrected chi connectivity index (χ4v) is 3.13. The summed E-state index contributed by atoms with van der Waals surface area (Å²) in [6.07, 6.45) is 0. The molecule has 0 aliphatic rings. The monoisotopic (exact) mass is 329 g/mol. The SMILES string of the molecule is Cn1nc(-c2ccccc2Cl)sc1=NC(=O)c1ccccc1.